The van der Waals surface area contributed by atoms with E-state index in [0.717, 1.165) is 37.4 Å². The van der Waals surface area contributed by atoms with Crippen molar-refractivity contribution in [2.75, 3.05) is 31.6 Å². The first kappa shape index (κ1) is 13.1. The van der Waals surface area contributed by atoms with E-state index in [1.165, 1.54) is 0 Å². The van der Waals surface area contributed by atoms with Crippen LogP contribution in [0.25, 0.3) is 0 Å². The summed E-state index contributed by atoms with van der Waals surface area (Å²) in [4.78, 5) is 11.7. The van der Waals surface area contributed by atoms with Crippen molar-refractivity contribution in [3.05, 3.63) is 29.8 Å². The van der Waals surface area contributed by atoms with E-state index < -0.39 is 0 Å². The lowest BCUT2D eigenvalue weighted by atomic mass is 10.1. The molecule has 2 N–H and O–H groups in total. The molecule has 1 fully saturated rings. The van der Waals surface area contributed by atoms with E-state index in [1.807, 2.05) is 31.2 Å². The molecule has 4 nitrogen and oxygen atoms in total. The minimum absolute atomic E-state index is 0.000449. The van der Waals surface area contributed by atoms with Crippen LogP contribution in [0.5, 0.6) is 0 Å². The second kappa shape index (κ2) is 6.52. The number of nitrogens with one attached hydrogen (secondary N) is 2. The van der Waals surface area contributed by atoms with E-state index in [-0.39, 0.29) is 5.91 Å². The highest BCUT2D eigenvalue weighted by Gasteiger charge is 2.15. The minimum Gasteiger partial charge on any atom is -0.381 e. The van der Waals surface area contributed by atoms with Crippen molar-refractivity contribution in [3.8, 4) is 0 Å². The fourth-order valence-electron chi connectivity index (χ4n) is 2.06. The second-order valence-corrected chi connectivity index (χ2v) is 4.78. The molecule has 0 spiro atoms. The molecule has 18 heavy (non-hydrogen) atoms. The van der Waals surface area contributed by atoms with Gasteiger partial charge in [-0.3, -0.25) is 4.79 Å². The predicted octanol–water partition coefficient (Wildman–Crippen LogP) is 1.56. The van der Waals surface area contributed by atoms with Crippen LogP contribution >= 0.6 is 0 Å². The third kappa shape index (κ3) is 4.13. The minimum atomic E-state index is -0.000449. The Morgan fingerprint density at radius 1 is 1.50 bits per heavy atom. The molecular formula is C14H20N2O2. The molecule has 1 aliphatic heterocycles. The number of carbonyl (C=O) groups is 1. The number of rotatable bonds is 5. The van der Waals surface area contributed by atoms with Gasteiger partial charge in [0, 0.05) is 18.8 Å². The number of carbonyl (C=O) groups excluding carboxylic acids is 1. The largest absolute Gasteiger partial charge is 0.381 e. The van der Waals surface area contributed by atoms with Gasteiger partial charge < -0.3 is 15.4 Å². The summed E-state index contributed by atoms with van der Waals surface area (Å²) in [7, 11) is 0. The first-order valence-electron chi connectivity index (χ1n) is 6.39. The molecule has 0 bridgehead atoms. The summed E-state index contributed by atoms with van der Waals surface area (Å²) in [5.74, 6) is 0.552. The van der Waals surface area contributed by atoms with E-state index >= 15 is 0 Å². The van der Waals surface area contributed by atoms with Crippen molar-refractivity contribution >= 4 is 11.6 Å². The summed E-state index contributed by atoms with van der Waals surface area (Å²) < 4.78 is 5.28. The zero-order chi connectivity index (χ0) is 12.8. The van der Waals surface area contributed by atoms with E-state index in [9.17, 15) is 4.79 Å². The number of benzene rings is 1. The Morgan fingerprint density at radius 3 is 3.11 bits per heavy atom. The summed E-state index contributed by atoms with van der Waals surface area (Å²) in [6.45, 7) is 4.87. The van der Waals surface area contributed by atoms with E-state index in [1.54, 1.807) is 0 Å². The van der Waals surface area contributed by atoms with Crippen molar-refractivity contribution in [1.29, 1.82) is 0 Å². The Bertz CT molecular complexity index is 401. The topological polar surface area (TPSA) is 50.4 Å². The van der Waals surface area contributed by atoms with Gasteiger partial charge in [0.2, 0.25) is 5.91 Å². The molecule has 0 radical (unpaired) electrons. The zero-order valence-corrected chi connectivity index (χ0v) is 10.7. The lowest BCUT2D eigenvalue weighted by Crippen LogP contribution is -2.31. The van der Waals surface area contributed by atoms with Crippen LogP contribution < -0.4 is 10.6 Å². The molecule has 1 saturated heterocycles. The molecule has 1 aliphatic rings. The van der Waals surface area contributed by atoms with Crippen molar-refractivity contribution in [1.82, 2.24) is 5.32 Å². The van der Waals surface area contributed by atoms with E-state index in [2.05, 4.69) is 10.6 Å². The SMILES string of the molecule is Cc1cccc(NC(=O)CNCC2CCOC2)c1. The third-order valence-electron chi connectivity index (χ3n) is 3.04. The van der Waals surface area contributed by atoms with Gasteiger partial charge in [0.25, 0.3) is 0 Å². The number of ether oxygens (including phenoxy) is 1. The maximum Gasteiger partial charge on any atom is 0.238 e. The van der Waals surface area contributed by atoms with Gasteiger partial charge in [0.15, 0.2) is 0 Å². The monoisotopic (exact) mass is 248 g/mol. The molecule has 1 aromatic carbocycles. The number of hydrogen-bond donors (Lipinski definition) is 2. The first-order chi connectivity index (χ1) is 8.74. The standard InChI is InChI=1S/C14H20N2O2/c1-11-3-2-4-13(7-11)16-14(17)9-15-8-12-5-6-18-10-12/h2-4,7,12,15H,5-6,8-10H2,1H3,(H,16,17). The molecule has 1 heterocycles. The van der Waals surface area contributed by atoms with Gasteiger partial charge >= 0.3 is 0 Å². The summed E-state index contributed by atoms with van der Waals surface area (Å²) in [6, 6.07) is 7.81. The molecule has 0 aromatic heterocycles. The highest BCUT2D eigenvalue weighted by molar-refractivity contribution is 5.92. The summed E-state index contributed by atoms with van der Waals surface area (Å²) in [5.41, 5.74) is 2.00. The Balaban J connectivity index is 1.68. The highest BCUT2D eigenvalue weighted by Crippen LogP contribution is 2.11. The lowest BCUT2D eigenvalue weighted by Gasteiger charge is -2.10. The molecule has 0 aliphatic carbocycles. The highest BCUT2D eigenvalue weighted by atomic mass is 16.5. The van der Waals surface area contributed by atoms with Crippen LogP contribution in [0.3, 0.4) is 0 Å². The van der Waals surface area contributed by atoms with Gasteiger partial charge in [0.05, 0.1) is 13.2 Å². The molecule has 98 valence electrons. The van der Waals surface area contributed by atoms with E-state index in [0.29, 0.717) is 12.5 Å². The van der Waals surface area contributed by atoms with Crippen LogP contribution in [0.1, 0.15) is 12.0 Å². The maximum atomic E-state index is 11.7. The fraction of sp³-hybridized carbons (Fsp3) is 0.500. The molecule has 0 saturated carbocycles. The molecule has 1 aromatic rings. The Kier molecular flexibility index (Phi) is 4.73. The molecule has 2 rings (SSSR count). The quantitative estimate of drug-likeness (QED) is 0.831. The summed E-state index contributed by atoms with van der Waals surface area (Å²) >= 11 is 0. The molecule has 1 unspecified atom stereocenters. The Hall–Kier alpha value is -1.39. The summed E-state index contributed by atoms with van der Waals surface area (Å²) in [5, 5.41) is 6.05. The Labute approximate surface area is 108 Å². The zero-order valence-electron chi connectivity index (χ0n) is 10.7. The average Bonchev–Trinajstić information content (AvgIpc) is 2.82. The van der Waals surface area contributed by atoms with E-state index in [4.69, 9.17) is 4.74 Å². The van der Waals surface area contributed by atoms with Crippen LogP contribution in [-0.4, -0.2) is 32.2 Å². The average molecular weight is 248 g/mol. The molecule has 4 heteroatoms. The van der Waals surface area contributed by atoms with Gasteiger partial charge in [-0.15, -0.1) is 0 Å². The van der Waals surface area contributed by atoms with Crippen LogP contribution in [0.15, 0.2) is 24.3 Å². The van der Waals surface area contributed by atoms with Gasteiger partial charge in [0.1, 0.15) is 0 Å². The van der Waals surface area contributed by atoms with Crippen LogP contribution in [0.4, 0.5) is 5.69 Å². The van der Waals surface area contributed by atoms with Gasteiger partial charge in [-0.2, -0.15) is 0 Å². The molecular weight excluding hydrogens is 228 g/mol. The second-order valence-electron chi connectivity index (χ2n) is 4.78. The summed E-state index contributed by atoms with van der Waals surface area (Å²) in [6.07, 6.45) is 1.09. The number of anilines is 1. The normalized spacial score (nSPS) is 18.8. The number of hydrogen-bond acceptors (Lipinski definition) is 3. The maximum absolute atomic E-state index is 11.7. The third-order valence-corrected chi connectivity index (χ3v) is 3.04. The predicted molar refractivity (Wildman–Crippen MR) is 71.6 cm³/mol. The first-order valence-corrected chi connectivity index (χ1v) is 6.39. The molecule has 1 amide bonds. The van der Waals surface area contributed by atoms with Crippen molar-refractivity contribution in [2.24, 2.45) is 5.92 Å². The fourth-order valence-corrected chi connectivity index (χ4v) is 2.06. The Morgan fingerprint density at radius 2 is 2.39 bits per heavy atom. The lowest BCUT2D eigenvalue weighted by molar-refractivity contribution is -0.115. The van der Waals surface area contributed by atoms with Crippen LogP contribution in [0.2, 0.25) is 0 Å². The van der Waals surface area contributed by atoms with Crippen molar-refractivity contribution in [2.45, 2.75) is 13.3 Å². The van der Waals surface area contributed by atoms with Gasteiger partial charge in [-0.25, -0.2) is 0 Å². The van der Waals surface area contributed by atoms with Gasteiger partial charge in [-0.05, 0) is 37.0 Å². The number of aryl methyl sites for hydroxylation is 1. The van der Waals surface area contributed by atoms with Gasteiger partial charge in [-0.1, -0.05) is 12.1 Å². The van der Waals surface area contributed by atoms with Crippen LogP contribution in [0, 0.1) is 12.8 Å². The van der Waals surface area contributed by atoms with Crippen LogP contribution in [-0.2, 0) is 9.53 Å². The smallest absolute Gasteiger partial charge is 0.238 e. The van der Waals surface area contributed by atoms with Crippen molar-refractivity contribution in [3.63, 3.8) is 0 Å². The molecule has 1 atom stereocenters. The number of amides is 1. The van der Waals surface area contributed by atoms with Crippen molar-refractivity contribution < 1.29 is 9.53 Å².